The Morgan fingerprint density at radius 2 is 1.96 bits per heavy atom. The highest BCUT2D eigenvalue weighted by molar-refractivity contribution is 14.0. The van der Waals surface area contributed by atoms with Crippen LogP contribution in [0.2, 0.25) is 0 Å². The largest absolute Gasteiger partial charge is 0.497 e. The Hall–Kier alpha value is -1.27. The van der Waals surface area contributed by atoms with E-state index in [0.717, 1.165) is 38.9 Å². The van der Waals surface area contributed by atoms with Crippen LogP contribution in [0.15, 0.2) is 23.2 Å². The highest BCUT2D eigenvalue weighted by Gasteiger charge is 2.33. The molecule has 0 aromatic heterocycles. The van der Waals surface area contributed by atoms with Gasteiger partial charge in [-0.05, 0) is 17.7 Å². The summed E-state index contributed by atoms with van der Waals surface area (Å²) in [5.74, 6) is 0.635. The summed E-state index contributed by atoms with van der Waals surface area (Å²) in [6.45, 7) is 4.70. The molecule has 1 aliphatic rings. The minimum absolute atomic E-state index is 0. The predicted octanol–water partition coefficient (Wildman–Crippen LogP) is 2.33. The normalized spacial score (nSPS) is 15.8. The molecule has 6 nitrogen and oxygen atoms in total. The molecule has 0 amide bonds. The lowest BCUT2D eigenvalue weighted by molar-refractivity contribution is -0.138. The van der Waals surface area contributed by atoms with E-state index in [9.17, 15) is 13.2 Å². The average Bonchev–Trinajstić information content (AvgIpc) is 2.64. The van der Waals surface area contributed by atoms with Crippen LogP contribution < -0.4 is 15.4 Å². The van der Waals surface area contributed by atoms with Crippen LogP contribution in [0.5, 0.6) is 5.75 Å². The molecule has 1 fully saturated rings. The number of halogens is 4. The SMILES string of the molecule is CN=C(NCCN1CCOCC1)NCc1ccc(OC)cc1C(F)(F)F.I. The van der Waals surface area contributed by atoms with Crippen molar-refractivity contribution >= 4 is 29.9 Å². The molecule has 0 atom stereocenters. The second-order valence-corrected chi connectivity index (χ2v) is 5.83. The monoisotopic (exact) mass is 502 g/mol. The zero-order valence-electron chi connectivity index (χ0n) is 15.4. The summed E-state index contributed by atoms with van der Waals surface area (Å²) in [6, 6.07) is 3.93. The van der Waals surface area contributed by atoms with Gasteiger partial charge >= 0.3 is 6.18 Å². The third kappa shape index (κ3) is 7.70. The number of hydrogen-bond acceptors (Lipinski definition) is 4. The summed E-state index contributed by atoms with van der Waals surface area (Å²) in [5.41, 5.74) is -0.581. The van der Waals surface area contributed by atoms with Crippen molar-refractivity contribution in [3.8, 4) is 5.75 Å². The van der Waals surface area contributed by atoms with Gasteiger partial charge in [-0.2, -0.15) is 13.2 Å². The molecule has 2 N–H and O–H groups in total. The number of alkyl halides is 3. The molecule has 0 unspecified atom stereocenters. The number of morpholine rings is 1. The van der Waals surface area contributed by atoms with Crippen molar-refractivity contribution in [3.05, 3.63) is 29.3 Å². The summed E-state index contributed by atoms with van der Waals surface area (Å²) in [5, 5.41) is 6.05. The Labute approximate surface area is 174 Å². The van der Waals surface area contributed by atoms with Crippen LogP contribution >= 0.6 is 24.0 Å². The number of methoxy groups -OCH3 is 1. The first-order valence-corrected chi connectivity index (χ1v) is 8.42. The number of guanidine groups is 1. The number of rotatable bonds is 6. The van der Waals surface area contributed by atoms with Gasteiger partial charge in [-0.1, -0.05) is 6.07 Å². The Bertz CT molecular complexity index is 608. The number of aliphatic imine (C=N–C) groups is 1. The van der Waals surface area contributed by atoms with Crippen molar-refractivity contribution in [2.24, 2.45) is 4.99 Å². The molecule has 1 aromatic carbocycles. The molecule has 27 heavy (non-hydrogen) atoms. The third-order valence-corrected chi connectivity index (χ3v) is 4.12. The van der Waals surface area contributed by atoms with Crippen molar-refractivity contribution in [3.63, 3.8) is 0 Å². The van der Waals surface area contributed by atoms with E-state index < -0.39 is 11.7 Å². The second kappa shape index (κ2) is 11.5. The molecule has 0 aliphatic carbocycles. The van der Waals surface area contributed by atoms with Crippen LogP contribution in [-0.2, 0) is 17.5 Å². The summed E-state index contributed by atoms with van der Waals surface area (Å²) in [6.07, 6.45) is -4.45. The molecule has 1 heterocycles. The number of nitrogens with one attached hydrogen (secondary N) is 2. The van der Waals surface area contributed by atoms with E-state index in [2.05, 4.69) is 20.5 Å². The minimum atomic E-state index is -4.45. The number of benzene rings is 1. The molecule has 0 radical (unpaired) electrons. The Morgan fingerprint density at radius 3 is 2.56 bits per heavy atom. The lowest BCUT2D eigenvalue weighted by atomic mass is 10.1. The minimum Gasteiger partial charge on any atom is -0.497 e. The molecular weight excluding hydrogens is 476 g/mol. The molecule has 1 aliphatic heterocycles. The van der Waals surface area contributed by atoms with Crippen molar-refractivity contribution in [1.82, 2.24) is 15.5 Å². The van der Waals surface area contributed by atoms with E-state index in [1.807, 2.05) is 0 Å². The molecule has 10 heteroatoms. The van der Waals surface area contributed by atoms with Crippen molar-refractivity contribution in [2.75, 3.05) is 53.6 Å². The maximum Gasteiger partial charge on any atom is 0.416 e. The van der Waals surface area contributed by atoms with Crippen molar-refractivity contribution < 1.29 is 22.6 Å². The molecule has 154 valence electrons. The summed E-state index contributed by atoms with van der Waals surface area (Å²) in [7, 11) is 2.93. The highest BCUT2D eigenvalue weighted by atomic mass is 127. The average molecular weight is 502 g/mol. The van der Waals surface area contributed by atoms with E-state index in [-0.39, 0.29) is 41.8 Å². The Balaban J connectivity index is 0.00000364. The highest BCUT2D eigenvalue weighted by Crippen LogP contribution is 2.34. The number of hydrogen-bond donors (Lipinski definition) is 2. The van der Waals surface area contributed by atoms with E-state index in [0.29, 0.717) is 12.5 Å². The molecule has 0 saturated carbocycles. The first-order chi connectivity index (χ1) is 12.4. The van der Waals surface area contributed by atoms with Gasteiger partial charge in [0.05, 0.1) is 25.9 Å². The summed E-state index contributed by atoms with van der Waals surface area (Å²) in [4.78, 5) is 6.32. The fraction of sp³-hybridized carbons (Fsp3) is 0.588. The van der Waals surface area contributed by atoms with E-state index in [4.69, 9.17) is 9.47 Å². The van der Waals surface area contributed by atoms with E-state index >= 15 is 0 Å². The van der Waals surface area contributed by atoms with E-state index in [1.54, 1.807) is 7.05 Å². The van der Waals surface area contributed by atoms with Gasteiger partial charge in [-0.15, -0.1) is 24.0 Å². The first-order valence-electron chi connectivity index (χ1n) is 8.42. The fourth-order valence-electron chi connectivity index (χ4n) is 2.66. The zero-order valence-corrected chi connectivity index (χ0v) is 17.8. The zero-order chi connectivity index (χ0) is 19.0. The van der Waals surface area contributed by atoms with Gasteiger partial charge in [0.25, 0.3) is 0 Å². The van der Waals surface area contributed by atoms with E-state index in [1.165, 1.54) is 19.2 Å². The molecule has 1 saturated heterocycles. The van der Waals surface area contributed by atoms with Crippen LogP contribution in [0.25, 0.3) is 0 Å². The predicted molar refractivity (Wildman–Crippen MR) is 109 cm³/mol. The van der Waals surface area contributed by atoms with Crippen LogP contribution in [0.4, 0.5) is 13.2 Å². The van der Waals surface area contributed by atoms with Crippen molar-refractivity contribution in [2.45, 2.75) is 12.7 Å². The van der Waals surface area contributed by atoms with Crippen LogP contribution in [0.3, 0.4) is 0 Å². The van der Waals surface area contributed by atoms with Gasteiger partial charge in [-0.25, -0.2) is 0 Å². The number of nitrogens with zero attached hydrogens (tertiary/aromatic N) is 2. The van der Waals surface area contributed by atoms with Gasteiger partial charge < -0.3 is 20.1 Å². The third-order valence-electron chi connectivity index (χ3n) is 4.12. The summed E-state index contributed by atoms with van der Waals surface area (Å²) < 4.78 is 49.9. The van der Waals surface area contributed by atoms with Gasteiger partial charge in [0, 0.05) is 39.8 Å². The van der Waals surface area contributed by atoms with Crippen LogP contribution in [-0.4, -0.2) is 64.4 Å². The van der Waals surface area contributed by atoms with Crippen LogP contribution in [0, 0.1) is 0 Å². The van der Waals surface area contributed by atoms with Gasteiger partial charge in [0.15, 0.2) is 5.96 Å². The molecular formula is C17H26F3IN4O2. The Kier molecular flexibility index (Phi) is 10.2. The lowest BCUT2D eigenvalue weighted by Crippen LogP contribution is -2.44. The maximum atomic E-state index is 13.2. The van der Waals surface area contributed by atoms with Crippen LogP contribution in [0.1, 0.15) is 11.1 Å². The first kappa shape index (κ1) is 23.8. The quantitative estimate of drug-likeness (QED) is 0.356. The molecule has 2 rings (SSSR count). The number of ether oxygens (including phenoxy) is 2. The topological polar surface area (TPSA) is 58.1 Å². The standard InChI is InChI=1S/C17H25F3N4O2.HI/c1-21-16(22-5-6-24-7-9-26-10-8-24)23-12-13-3-4-14(25-2)11-15(13)17(18,19)20;/h3-4,11H,5-10,12H2,1-2H3,(H2,21,22,23);1H. The molecule has 1 aromatic rings. The van der Waals surface area contributed by atoms with Crippen molar-refractivity contribution in [1.29, 1.82) is 0 Å². The fourth-order valence-corrected chi connectivity index (χ4v) is 2.66. The molecule has 0 bridgehead atoms. The Morgan fingerprint density at radius 1 is 1.26 bits per heavy atom. The summed E-state index contributed by atoms with van der Waals surface area (Å²) >= 11 is 0. The van der Waals surface area contributed by atoms with Gasteiger partial charge in [0.2, 0.25) is 0 Å². The van der Waals surface area contributed by atoms with Gasteiger partial charge in [0.1, 0.15) is 5.75 Å². The smallest absolute Gasteiger partial charge is 0.416 e. The maximum absolute atomic E-state index is 13.2. The van der Waals surface area contributed by atoms with Gasteiger partial charge in [-0.3, -0.25) is 9.89 Å². The lowest BCUT2D eigenvalue weighted by Gasteiger charge is -2.26. The second-order valence-electron chi connectivity index (χ2n) is 5.83. The molecule has 0 spiro atoms.